The Morgan fingerprint density at radius 2 is 2.00 bits per heavy atom. The Morgan fingerprint density at radius 1 is 1.47 bits per heavy atom. The summed E-state index contributed by atoms with van der Waals surface area (Å²) in [5.74, 6) is -2.45. The minimum atomic E-state index is -3.91. The van der Waals surface area contributed by atoms with Gasteiger partial charge in [0.15, 0.2) is 21.4 Å². The third kappa shape index (κ3) is 2.21. The molecule has 0 amide bonds. The van der Waals surface area contributed by atoms with Crippen LogP contribution in [0, 0.1) is 15.9 Å². The predicted molar refractivity (Wildman–Crippen MR) is 47.8 cm³/mol. The van der Waals surface area contributed by atoms with Crippen LogP contribution < -0.4 is 0 Å². The van der Waals surface area contributed by atoms with E-state index in [1.165, 1.54) is 0 Å². The van der Waals surface area contributed by atoms with Crippen molar-refractivity contribution < 1.29 is 22.8 Å². The maximum absolute atomic E-state index is 12.9. The Hall–Kier alpha value is -1.70. The molecule has 0 radical (unpaired) electrons. The van der Waals surface area contributed by atoms with Crippen molar-refractivity contribution in [2.24, 2.45) is 0 Å². The van der Waals surface area contributed by atoms with Crippen LogP contribution in [0.1, 0.15) is 0 Å². The molecule has 0 heterocycles. The maximum atomic E-state index is 12.9. The minimum Gasteiger partial charge on any atom is -0.504 e. The van der Waals surface area contributed by atoms with Crippen molar-refractivity contribution in [3.8, 4) is 5.75 Å². The number of halogens is 1. The van der Waals surface area contributed by atoms with Gasteiger partial charge < -0.3 is 5.11 Å². The fraction of sp³-hybridized carbons (Fsp3) is 0.143. The second-order valence-corrected chi connectivity index (χ2v) is 4.79. The largest absolute Gasteiger partial charge is 0.504 e. The number of rotatable bonds is 2. The summed E-state index contributed by atoms with van der Waals surface area (Å²) in [6, 6.07) is 1.05. The highest BCUT2D eigenvalue weighted by molar-refractivity contribution is 7.90. The van der Waals surface area contributed by atoms with Crippen molar-refractivity contribution >= 4 is 15.5 Å². The number of non-ortho nitro benzene ring substituents is 1. The lowest BCUT2D eigenvalue weighted by atomic mass is 10.3. The molecule has 8 heteroatoms. The standard InChI is InChI=1S/C7H6FNO5S/c1-15(13,14)6-3-4(9(11)12)2-5(8)7(6)10/h2-3,10H,1H3. The van der Waals surface area contributed by atoms with Crippen LogP contribution in [-0.2, 0) is 9.84 Å². The van der Waals surface area contributed by atoms with E-state index in [1.54, 1.807) is 0 Å². The van der Waals surface area contributed by atoms with Gasteiger partial charge >= 0.3 is 0 Å². The van der Waals surface area contributed by atoms with Crippen LogP contribution in [0.3, 0.4) is 0 Å². The lowest BCUT2D eigenvalue weighted by molar-refractivity contribution is -0.385. The van der Waals surface area contributed by atoms with Gasteiger partial charge in [-0.25, -0.2) is 12.8 Å². The molecule has 1 aromatic rings. The lowest BCUT2D eigenvalue weighted by Gasteiger charge is -2.02. The average Bonchev–Trinajstić information content (AvgIpc) is 2.06. The van der Waals surface area contributed by atoms with Crippen LogP contribution in [0.15, 0.2) is 17.0 Å². The summed E-state index contributed by atoms with van der Waals surface area (Å²) in [6.07, 6.45) is 0.714. The molecule has 1 rings (SSSR count). The molecule has 15 heavy (non-hydrogen) atoms. The lowest BCUT2D eigenvalue weighted by Crippen LogP contribution is -2.01. The topological polar surface area (TPSA) is 97.5 Å². The van der Waals surface area contributed by atoms with Crippen LogP contribution in [0.5, 0.6) is 5.75 Å². The zero-order valence-corrected chi connectivity index (χ0v) is 8.28. The molecular formula is C7H6FNO5S. The highest BCUT2D eigenvalue weighted by Crippen LogP contribution is 2.30. The van der Waals surface area contributed by atoms with E-state index in [9.17, 15) is 22.9 Å². The first-order valence-electron chi connectivity index (χ1n) is 3.60. The van der Waals surface area contributed by atoms with Gasteiger partial charge in [-0.3, -0.25) is 10.1 Å². The van der Waals surface area contributed by atoms with E-state index in [4.69, 9.17) is 5.11 Å². The van der Waals surface area contributed by atoms with Gasteiger partial charge in [-0.05, 0) is 0 Å². The second kappa shape index (κ2) is 3.46. The Morgan fingerprint density at radius 3 is 2.40 bits per heavy atom. The fourth-order valence-corrected chi connectivity index (χ4v) is 1.73. The van der Waals surface area contributed by atoms with Crippen LogP contribution in [0.2, 0.25) is 0 Å². The van der Waals surface area contributed by atoms with Gasteiger partial charge in [0.1, 0.15) is 4.90 Å². The number of nitrogens with zero attached hydrogens (tertiary/aromatic N) is 1. The molecule has 0 fully saturated rings. The third-order valence-corrected chi connectivity index (χ3v) is 2.73. The van der Waals surface area contributed by atoms with Crippen molar-refractivity contribution in [3.05, 3.63) is 28.1 Å². The molecule has 82 valence electrons. The first-order chi connectivity index (χ1) is 6.73. The SMILES string of the molecule is CS(=O)(=O)c1cc([N+](=O)[O-])cc(F)c1O. The molecule has 0 spiro atoms. The van der Waals surface area contributed by atoms with E-state index >= 15 is 0 Å². The normalized spacial score (nSPS) is 11.3. The quantitative estimate of drug-likeness (QED) is 0.605. The number of aromatic hydroxyl groups is 1. The molecule has 0 aliphatic carbocycles. The number of hydrogen-bond acceptors (Lipinski definition) is 5. The number of benzene rings is 1. The van der Waals surface area contributed by atoms with E-state index in [1.807, 2.05) is 0 Å². The van der Waals surface area contributed by atoms with Gasteiger partial charge in [0.2, 0.25) is 0 Å². The van der Waals surface area contributed by atoms with Gasteiger partial charge in [0.05, 0.1) is 11.0 Å². The van der Waals surface area contributed by atoms with E-state index < -0.39 is 36.9 Å². The summed E-state index contributed by atoms with van der Waals surface area (Å²) in [7, 11) is -3.91. The summed E-state index contributed by atoms with van der Waals surface area (Å²) < 4.78 is 35.0. The summed E-state index contributed by atoms with van der Waals surface area (Å²) in [4.78, 5) is 8.56. The van der Waals surface area contributed by atoms with E-state index in [0.717, 1.165) is 0 Å². The predicted octanol–water partition coefficient (Wildman–Crippen LogP) is 0.843. The zero-order chi connectivity index (χ0) is 11.8. The van der Waals surface area contributed by atoms with Crippen molar-refractivity contribution in [1.29, 1.82) is 0 Å². The summed E-state index contributed by atoms with van der Waals surface area (Å²) in [5, 5.41) is 19.4. The monoisotopic (exact) mass is 235 g/mol. The smallest absolute Gasteiger partial charge is 0.273 e. The molecule has 1 N–H and O–H groups in total. The van der Waals surface area contributed by atoms with Crippen molar-refractivity contribution in [2.75, 3.05) is 6.26 Å². The van der Waals surface area contributed by atoms with Crippen LogP contribution in [-0.4, -0.2) is 24.7 Å². The molecule has 0 bridgehead atoms. The van der Waals surface area contributed by atoms with Crippen molar-refractivity contribution in [3.63, 3.8) is 0 Å². The molecule has 0 aliphatic rings. The molecule has 0 aromatic heterocycles. The maximum Gasteiger partial charge on any atom is 0.273 e. The Bertz CT molecular complexity index is 524. The highest BCUT2D eigenvalue weighted by atomic mass is 32.2. The van der Waals surface area contributed by atoms with E-state index in [0.29, 0.717) is 18.4 Å². The molecule has 0 saturated heterocycles. The zero-order valence-electron chi connectivity index (χ0n) is 7.47. The van der Waals surface area contributed by atoms with Gasteiger partial charge in [-0.15, -0.1) is 0 Å². The summed E-state index contributed by atoms with van der Waals surface area (Å²) >= 11 is 0. The van der Waals surface area contributed by atoms with E-state index in [2.05, 4.69) is 0 Å². The molecule has 0 atom stereocenters. The highest BCUT2D eigenvalue weighted by Gasteiger charge is 2.22. The van der Waals surface area contributed by atoms with Gasteiger partial charge in [-0.1, -0.05) is 0 Å². The van der Waals surface area contributed by atoms with Gasteiger partial charge in [0.25, 0.3) is 5.69 Å². The Labute approximate surface area is 84.0 Å². The second-order valence-electron chi connectivity index (χ2n) is 2.80. The van der Waals surface area contributed by atoms with Crippen LogP contribution >= 0.6 is 0 Å². The molecular weight excluding hydrogens is 229 g/mol. The number of phenolic OH excluding ortho intramolecular Hbond substituents is 1. The first-order valence-corrected chi connectivity index (χ1v) is 5.49. The summed E-state index contributed by atoms with van der Waals surface area (Å²) in [5.41, 5.74) is -0.731. The molecule has 0 unspecified atom stereocenters. The minimum absolute atomic E-state index is 0.448. The first kappa shape index (κ1) is 11.4. The molecule has 1 aromatic carbocycles. The van der Waals surface area contributed by atoms with Crippen molar-refractivity contribution in [2.45, 2.75) is 4.90 Å². The number of nitro benzene ring substituents is 1. The fourth-order valence-electron chi connectivity index (χ4n) is 0.948. The molecule has 6 nitrogen and oxygen atoms in total. The van der Waals surface area contributed by atoms with Crippen molar-refractivity contribution in [1.82, 2.24) is 0 Å². The Kier molecular flexibility index (Phi) is 2.63. The molecule has 0 saturated carbocycles. The number of sulfone groups is 1. The summed E-state index contributed by atoms with van der Waals surface area (Å²) in [6.45, 7) is 0. The Balaban J connectivity index is 3.59. The van der Waals surface area contributed by atoms with Gasteiger partial charge in [-0.2, -0.15) is 0 Å². The molecule has 0 aliphatic heterocycles. The van der Waals surface area contributed by atoms with Crippen LogP contribution in [0.25, 0.3) is 0 Å². The van der Waals surface area contributed by atoms with Crippen LogP contribution in [0.4, 0.5) is 10.1 Å². The number of hydrogen-bond donors (Lipinski definition) is 1. The van der Waals surface area contributed by atoms with E-state index in [-0.39, 0.29) is 0 Å². The number of nitro groups is 1. The average molecular weight is 235 g/mol. The van der Waals surface area contributed by atoms with Gasteiger partial charge in [0, 0.05) is 12.3 Å². The number of phenols is 1. The third-order valence-electron chi connectivity index (χ3n) is 1.62.